The molecule has 6 nitrogen and oxygen atoms in total. The highest BCUT2D eigenvalue weighted by Crippen LogP contribution is 2.29. The Labute approximate surface area is 180 Å². The van der Waals surface area contributed by atoms with Crippen molar-refractivity contribution in [1.29, 1.82) is 0 Å². The zero-order chi connectivity index (χ0) is 21.1. The summed E-state index contributed by atoms with van der Waals surface area (Å²) < 4.78 is 6.10. The minimum atomic E-state index is -0.807. The minimum absolute atomic E-state index is 0.0602. The number of carbonyl (C=O) groups excluding carboxylic acids is 3. The molecule has 2 aromatic rings. The average Bonchev–Trinajstić information content (AvgIpc) is 2.66. The van der Waals surface area contributed by atoms with Gasteiger partial charge in [0, 0.05) is 4.47 Å². The molecule has 4 amide bonds. The van der Waals surface area contributed by atoms with Crippen LogP contribution >= 0.6 is 27.5 Å². The lowest BCUT2D eigenvalue weighted by molar-refractivity contribution is -0.122. The molecule has 146 valence electrons. The molecule has 0 atom stereocenters. The van der Waals surface area contributed by atoms with Crippen LogP contribution in [0.25, 0.3) is 6.08 Å². The number of aryl methyl sites for hydroxylation is 1. The third kappa shape index (κ3) is 4.34. The second-order valence-electron chi connectivity index (χ2n) is 6.07. The van der Waals surface area contributed by atoms with E-state index in [1.54, 1.807) is 37.3 Å². The summed E-state index contributed by atoms with van der Waals surface area (Å²) in [5, 5.41) is 2.46. The van der Waals surface area contributed by atoms with Crippen LogP contribution in [0.1, 0.15) is 11.1 Å². The number of carbonyl (C=O) groups is 3. The molecule has 1 aliphatic heterocycles. The maximum atomic E-state index is 13.0. The SMILES string of the molecule is C#CCOc1ccc(/C=C2/C(=O)NC(=O)N(c3ccc(Br)cc3C)C2=O)cc1Cl. The molecule has 1 N–H and O–H groups in total. The summed E-state index contributed by atoms with van der Waals surface area (Å²) in [5.74, 6) is 1.21. The molecule has 29 heavy (non-hydrogen) atoms. The highest BCUT2D eigenvalue weighted by molar-refractivity contribution is 9.10. The molecule has 1 aliphatic rings. The molecule has 0 unspecified atom stereocenters. The van der Waals surface area contributed by atoms with Gasteiger partial charge in [0.1, 0.15) is 17.9 Å². The van der Waals surface area contributed by atoms with E-state index in [1.165, 1.54) is 12.1 Å². The van der Waals surface area contributed by atoms with Crippen LogP contribution in [-0.4, -0.2) is 24.5 Å². The average molecular weight is 474 g/mol. The van der Waals surface area contributed by atoms with E-state index >= 15 is 0 Å². The van der Waals surface area contributed by atoms with E-state index in [9.17, 15) is 14.4 Å². The van der Waals surface area contributed by atoms with Gasteiger partial charge in [-0.2, -0.15) is 0 Å². The molecule has 0 aliphatic carbocycles. The van der Waals surface area contributed by atoms with E-state index in [-0.39, 0.29) is 17.2 Å². The lowest BCUT2D eigenvalue weighted by atomic mass is 10.1. The van der Waals surface area contributed by atoms with Crippen molar-refractivity contribution in [3.8, 4) is 18.1 Å². The topological polar surface area (TPSA) is 75.7 Å². The molecule has 0 saturated carbocycles. The van der Waals surface area contributed by atoms with Crippen LogP contribution in [-0.2, 0) is 9.59 Å². The van der Waals surface area contributed by atoms with Gasteiger partial charge < -0.3 is 4.74 Å². The van der Waals surface area contributed by atoms with E-state index in [1.807, 2.05) is 0 Å². The van der Waals surface area contributed by atoms with Crippen LogP contribution in [0.2, 0.25) is 5.02 Å². The van der Waals surface area contributed by atoms with E-state index in [4.69, 9.17) is 22.8 Å². The Bertz CT molecular complexity index is 1100. The predicted molar refractivity (Wildman–Crippen MR) is 114 cm³/mol. The number of terminal acetylenes is 1. The highest BCUT2D eigenvalue weighted by atomic mass is 79.9. The second-order valence-corrected chi connectivity index (χ2v) is 7.39. The van der Waals surface area contributed by atoms with Crippen molar-refractivity contribution in [3.63, 3.8) is 0 Å². The van der Waals surface area contributed by atoms with Gasteiger partial charge in [-0.15, -0.1) is 6.42 Å². The third-order valence-electron chi connectivity index (χ3n) is 4.08. The van der Waals surface area contributed by atoms with Crippen molar-refractivity contribution >= 4 is 57.1 Å². The number of amides is 4. The zero-order valence-electron chi connectivity index (χ0n) is 15.2. The van der Waals surface area contributed by atoms with Gasteiger partial charge in [-0.25, -0.2) is 9.69 Å². The molecule has 0 radical (unpaired) electrons. The van der Waals surface area contributed by atoms with Crippen LogP contribution in [0, 0.1) is 19.3 Å². The van der Waals surface area contributed by atoms with Crippen molar-refractivity contribution < 1.29 is 19.1 Å². The van der Waals surface area contributed by atoms with Crippen molar-refractivity contribution in [1.82, 2.24) is 5.32 Å². The first-order valence-electron chi connectivity index (χ1n) is 8.35. The predicted octanol–water partition coefficient (Wildman–Crippen LogP) is 4.09. The molecular weight excluding hydrogens is 460 g/mol. The molecule has 1 fully saturated rings. The normalized spacial score (nSPS) is 15.3. The number of barbiturate groups is 1. The fourth-order valence-corrected chi connectivity index (χ4v) is 3.48. The van der Waals surface area contributed by atoms with Crippen LogP contribution in [0.4, 0.5) is 10.5 Å². The Morgan fingerprint density at radius 3 is 2.66 bits per heavy atom. The Kier molecular flexibility index (Phi) is 6.06. The van der Waals surface area contributed by atoms with E-state index in [0.717, 1.165) is 9.37 Å². The maximum Gasteiger partial charge on any atom is 0.335 e. The van der Waals surface area contributed by atoms with Crippen molar-refractivity contribution in [3.05, 3.63) is 62.6 Å². The number of hydrogen-bond acceptors (Lipinski definition) is 4. The molecule has 3 rings (SSSR count). The van der Waals surface area contributed by atoms with Crippen molar-refractivity contribution in [2.24, 2.45) is 0 Å². The quantitative estimate of drug-likeness (QED) is 0.412. The van der Waals surface area contributed by atoms with Gasteiger partial charge >= 0.3 is 6.03 Å². The fraction of sp³-hybridized carbons (Fsp3) is 0.0952. The molecule has 0 spiro atoms. The lowest BCUT2D eigenvalue weighted by Crippen LogP contribution is -2.54. The van der Waals surface area contributed by atoms with Gasteiger partial charge in [0.15, 0.2) is 0 Å². The standard InChI is InChI=1S/C21H14BrClN2O4/c1-3-8-29-18-7-4-13(11-16(18)23)10-15-19(26)24-21(28)25(20(15)27)17-6-5-14(22)9-12(17)2/h1,4-7,9-11H,8H2,2H3,(H,24,26,28)/b15-10-. The third-order valence-corrected chi connectivity index (χ3v) is 4.87. The van der Waals surface area contributed by atoms with Crippen LogP contribution in [0.5, 0.6) is 5.75 Å². The number of halogens is 2. The first-order chi connectivity index (χ1) is 13.8. The summed E-state index contributed by atoms with van der Waals surface area (Å²) in [7, 11) is 0. The molecule has 1 saturated heterocycles. The van der Waals surface area contributed by atoms with Crippen LogP contribution in [0.15, 0.2) is 46.4 Å². The second kappa shape index (κ2) is 8.52. The Morgan fingerprint density at radius 1 is 1.24 bits per heavy atom. The Hall–Kier alpha value is -3.08. The number of nitrogens with one attached hydrogen (secondary N) is 1. The lowest BCUT2D eigenvalue weighted by Gasteiger charge is -2.27. The first-order valence-corrected chi connectivity index (χ1v) is 9.52. The largest absolute Gasteiger partial charge is 0.479 e. The van der Waals surface area contributed by atoms with Gasteiger partial charge in [-0.1, -0.05) is 39.5 Å². The summed E-state index contributed by atoms with van der Waals surface area (Å²) >= 11 is 9.50. The smallest absolute Gasteiger partial charge is 0.335 e. The summed E-state index contributed by atoms with van der Waals surface area (Å²) in [6.45, 7) is 1.82. The number of hydrogen-bond donors (Lipinski definition) is 1. The molecule has 0 aromatic heterocycles. The van der Waals surface area contributed by atoms with Gasteiger partial charge in [-0.3, -0.25) is 14.9 Å². The Balaban J connectivity index is 1.97. The summed E-state index contributed by atoms with van der Waals surface area (Å²) in [6, 6.07) is 9.03. The number of urea groups is 1. The molecule has 1 heterocycles. The number of rotatable bonds is 4. The molecule has 8 heteroatoms. The number of nitrogens with zero attached hydrogens (tertiary/aromatic N) is 1. The minimum Gasteiger partial charge on any atom is -0.479 e. The summed E-state index contributed by atoms with van der Waals surface area (Å²) in [5.41, 5.74) is 1.36. The number of imide groups is 2. The van der Waals surface area contributed by atoms with Crippen LogP contribution < -0.4 is 15.0 Å². The van der Waals surface area contributed by atoms with E-state index in [0.29, 0.717) is 22.6 Å². The highest BCUT2D eigenvalue weighted by Gasteiger charge is 2.37. The van der Waals surface area contributed by atoms with E-state index < -0.39 is 17.8 Å². The summed E-state index contributed by atoms with van der Waals surface area (Å²) in [4.78, 5) is 38.5. The van der Waals surface area contributed by atoms with Gasteiger partial charge in [-0.05, 0) is 54.5 Å². The van der Waals surface area contributed by atoms with Gasteiger partial charge in [0.05, 0.1) is 10.7 Å². The maximum absolute atomic E-state index is 13.0. The van der Waals surface area contributed by atoms with Crippen molar-refractivity contribution in [2.45, 2.75) is 6.92 Å². The number of benzene rings is 2. The molecular formula is C21H14BrClN2O4. The first kappa shape index (κ1) is 20.6. The number of ether oxygens (including phenoxy) is 1. The van der Waals surface area contributed by atoms with E-state index in [2.05, 4.69) is 27.2 Å². The molecule has 2 aromatic carbocycles. The van der Waals surface area contributed by atoms with Gasteiger partial charge in [0.2, 0.25) is 0 Å². The van der Waals surface area contributed by atoms with Crippen molar-refractivity contribution in [2.75, 3.05) is 11.5 Å². The van der Waals surface area contributed by atoms with Gasteiger partial charge in [0.25, 0.3) is 11.8 Å². The molecule has 0 bridgehead atoms. The number of anilines is 1. The van der Waals surface area contributed by atoms with Crippen LogP contribution in [0.3, 0.4) is 0 Å². The fourth-order valence-electron chi connectivity index (χ4n) is 2.76. The summed E-state index contributed by atoms with van der Waals surface area (Å²) in [6.07, 6.45) is 6.52. The zero-order valence-corrected chi connectivity index (χ0v) is 17.5. The Morgan fingerprint density at radius 2 is 2.00 bits per heavy atom. The monoisotopic (exact) mass is 472 g/mol.